The summed E-state index contributed by atoms with van der Waals surface area (Å²) in [6.07, 6.45) is -0.691. The summed E-state index contributed by atoms with van der Waals surface area (Å²) in [6.45, 7) is -0.0260. The minimum atomic E-state index is -4.16. The molecule has 6 nitrogen and oxygen atoms in total. The van der Waals surface area contributed by atoms with Crippen LogP contribution >= 0.6 is 0 Å². The Balaban J connectivity index is 1.81. The molecular weight excluding hydrogens is 400 g/mol. The lowest BCUT2D eigenvalue weighted by molar-refractivity contribution is 0.159. The Morgan fingerprint density at radius 1 is 0.867 bits per heavy atom. The fraction of sp³-hybridized carbons (Fsp3) is 0.217. The first-order valence-electron chi connectivity index (χ1n) is 9.66. The number of phenols is 1. The number of para-hydroxylation sites is 1. The van der Waals surface area contributed by atoms with Crippen LogP contribution in [0.4, 0.5) is 0 Å². The van der Waals surface area contributed by atoms with Crippen molar-refractivity contribution in [2.24, 2.45) is 5.14 Å². The first kappa shape index (κ1) is 22.0. The van der Waals surface area contributed by atoms with Gasteiger partial charge in [-0.05, 0) is 23.6 Å². The molecule has 0 saturated carbocycles. The predicted octanol–water partition coefficient (Wildman–Crippen LogP) is 2.66. The van der Waals surface area contributed by atoms with Crippen molar-refractivity contribution < 1.29 is 18.6 Å². The Morgan fingerprint density at radius 2 is 1.43 bits per heavy atom. The van der Waals surface area contributed by atoms with Crippen LogP contribution in [0.25, 0.3) is 0 Å². The average Bonchev–Trinajstić information content (AvgIpc) is 2.73. The monoisotopic (exact) mass is 426 g/mol. The van der Waals surface area contributed by atoms with E-state index in [-0.39, 0.29) is 23.9 Å². The number of nitrogens with two attached hydrogens (primary N) is 1. The molecule has 0 aromatic heterocycles. The molecular formula is C23H26N2O4S. The van der Waals surface area contributed by atoms with Crippen molar-refractivity contribution in [2.45, 2.75) is 23.8 Å². The molecule has 7 heteroatoms. The van der Waals surface area contributed by atoms with Gasteiger partial charge in [0.1, 0.15) is 11.0 Å². The largest absolute Gasteiger partial charge is 0.508 e. The highest BCUT2D eigenvalue weighted by Gasteiger charge is 2.33. The molecule has 0 bridgehead atoms. The lowest BCUT2D eigenvalue weighted by Gasteiger charge is -2.26. The Hall–Kier alpha value is -2.71. The van der Waals surface area contributed by atoms with Crippen molar-refractivity contribution in [3.05, 3.63) is 102 Å². The van der Waals surface area contributed by atoms with Crippen molar-refractivity contribution >= 4 is 10.0 Å². The van der Waals surface area contributed by atoms with Crippen LogP contribution in [0.15, 0.2) is 84.9 Å². The van der Waals surface area contributed by atoms with E-state index in [1.54, 1.807) is 12.1 Å². The lowest BCUT2D eigenvalue weighted by Crippen LogP contribution is -2.39. The van der Waals surface area contributed by atoms with E-state index < -0.39 is 21.4 Å². The Kier molecular flexibility index (Phi) is 7.23. The molecule has 3 aromatic rings. The van der Waals surface area contributed by atoms with Crippen LogP contribution in [-0.2, 0) is 16.4 Å². The van der Waals surface area contributed by atoms with Crippen LogP contribution in [0.1, 0.15) is 28.0 Å². The maximum absolute atomic E-state index is 12.2. The van der Waals surface area contributed by atoms with Crippen LogP contribution in [0, 0.1) is 0 Å². The van der Waals surface area contributed by atoms with Crippen molar-refractivity contribution in [2.75, 3.05) is 6.54 Å². The van der Waals surface area contributed by atoms with Crippen LogP contribution in [0.5, 0.6) is 5.75 Å². The molecule has 3 unspecified atom stereocenters. The molecule has 5 N–H and O–H groups in total. The summed E-state index contributed by atoms with van der Waals surface area (Å²) in [7, 11) is -4.16. The van der Waals surface area contributed by atoms with E-state index in [0.717, 1.165) is 11.1 Å². The van der Waals surface area contributed by atoms with E-state index in [9.17, 15) is 18.6 Å². The van der Waals surface area contributed by atoms with Crippen molar-refractivity contribution in [3.63, 3.8) is 0 Å². The van der Waals surface area contributed by atoms with Gasteiger partial charge in [0, 0.05) is 18.2 Å². The highest BCUT2D eigenvalue weighted by molar-refractivity contribution is 7.89. The maximum atomic E-state index is 12.2. The molecule has 0 aliphatic rings. The van der Waals surface area contributed by atoms with Gasteiger partial charge in [-0.15, -0.1) is 0 Å². The molecule has 0 radical (unpaired) electrons. The summed E-state index contributed by atoms with van der Waals surface area (Å²) < 4.78 is 24.4. The molecule has 3 atom stereocenters. The maximum Gasteiger partial charge on any atom is 0.218 e. The Labute approximate surface area is 177 Å². The van der Waals surface area contributed by atoms with Crippen LogP contribution in [-0.4, -0.2) is 31.3 Å². The van der Waals surface area contributed by atoms with Crippen LogP contribution in [0.3, 0.4) is 0 Å². The third-order valence-corrected chi connectivity index (χ3v) is 6.28. The molecule has 3 rings (SSSR count). The zero-order chi connectivity index (χ0) is 21.6. The van der Waals surface area contributed by atoms with Gasteiger partial charge in [0.2, 0.25) is 10.0 Å². The summed E-state index contributed by atoms with van der Waals surface area (Å²) >= 11 is 0. The fourth-order valence-corrected chi connectivity index (χ4v) is 4.63. The van der Waals surface area contributed by atoms with Gasteiger partial charge in [-0.2, -0.15) is 0 Å². The number of sulfonamides is 1. The molecule has 0 heterocycles. The molecule has 3 aromatic carbocycles. The molecule has 30 heavy (non-hydrogen) atoms. The molecule has 158 valence electrons. The van der Waals surface area contributed by atoms with Crippen molar-refractivity contribution in [3.8, 4) is 5.75 Å². The molecule has 0 saturated heterocycles. The Bertz CT molecular complexity index is 1040. The number of phenolic OH excluding ortho intramolecular Hbond substituents is 1. The lowest BCUT2D eigenvalue weighted by atomic mass is 9.98. The molecule has 0 aliphatic carbocycles. The smallest absolute Gasteiger partial charge is 0.218 e. The first-order chi connectivity index (χ1) is 14.4. The van der Waals surface area contributed by atoms with E-state index in [1.165, 1.54) is 12.1 Å². The van der Waals surface area contributed by atoms with Gasteiger partial charge in [-0.1, -0.05) is 78.9 Å². The third kappa shape index (κ3) is 5.67. The third-order valence-electron chi connectivity index (χ3n) is 5.00. The van der Waals surface area contributed by atoms with Crippen molar-refractivity contribution in [1.29, 1.82) is 0 Å². The number of aromatic hydroxyl groups is 1. The number of benzene rings is 3. The normalized spacial score (nSPS) is 14.7. The highest BCUT2D eigenvalue weighted by Crippen LogP contribution is 2.31. The number of primary sulfonamides is 1. The quantitative estimate of drug-likeness (QED) is 0.420. The zero-order valence-corrected chi connectivity index (χ0v) is 17.2. The summed E-state index contributed by atoms with van der Waals surface area (Å²) in [5.41, 5.74) is 2.20. The second-order valence-electron chi connectivity index (χ2n) is 7.20. The number of nitrogens with one attached hydrogen (secondary N) is 1. The highest BCUT2D eigenvalue weighted by atomic mass is 32.2. The summed E-state index contributed by atoms with van der Waals surface area (Å²) in [5.74, 6) is -0.223. The van der Waals surface area contributed by atoms with E-state index in [1.807, 2.05) is 60.7 Å². The van der Waals surface area contributed by atoms with Gasteiger partial charge >= 0.3 is 0 Å². The first-order valence-corrected chi connectivity index (χ1v) is 11.3. The number of hydrogen-bond acceptors (Lipinski definition) is 5. The Morgan fingerprint density at radius 3 is 2.03 bits per heavy atom. The zero-order valence-electron chi connectivity index (χ0n) is 16.4. The van der Waals surface area contributed by atoms with E-state index in [0.29, 0.717) is 6.42 Å². The predicted molar refractivity (Wildman–Crippen MR) is 117 cm³/mol. The van der Waals surface area contributed by atoms with Gasteiger partial charge in [0.25, 0.3) is 0 Å². The second-order valence-corrected chi connectivity index (χ2v) is 8.88. The second kappa shape index (κ2) is 9.86. The number of rotatable bonds is 9. The molecule has 0 aliphatic heterocycles. The van der Waals surface area contributed by atoms with Gasteiger partial charge in [-0.25, -0.2) is 13.6 Å². The van der Waals surface area contributed by atoms with E-state index in [2.05, 4.69) is 5.32 Å². The van der Waals surface area contributed by atoms with Gasteiger partial charge in [0.05, 0.1) is 6.10 Å². The minimum Gasteiger partial charge on any atom is -0.508 e. The summed E-state index contributed by atoms with van der Waals surface area (Å²) in [4.78, 5) is 0. The average molecular weight is 427 g/mol. The van der Waals surface area contributed by atoms with Crippen LogP contribution < -0.4 is 10.5 Å². The van der Waals surface area contributed by atoms with Gasteiger partial charge in [-0.3, -0.25) is 0 Å². The standard InChI is InChI=1S/C23H26N2O4S/c24-30(28,29)23(19-13-7-8-14-21(19)26)22(27)16-25-20(18-11-5-2-6-12-18)15-17-9-3-1-4-10-17/h1-14,20,22-23,25-27H,15-16H2,(H2,24,28,29). The number of aliphatic hydroxyl groups excluding tert-OH is 1. The SMILES string of the molecule is NS(=O)(=O)C(c1ccccc1O)C(O)CNC(Cc1ccccc1)c1ccccc1. The summed E-state index contributed by atoms with van der Waals surface area (Å²) in [5, 5.41) is 28.1. The van der Waals surface area contributed by atoms with E-state index in [4.69, 9.17) is 5.14 Å². The fourth-order valence-electron chi connectivity index (χ4n) is 3.54. The molecule has 0 amide bonds. The topological polar surface area (TPSA) is 113 Å². The number of hydrogen-bond donors (Lipinski definition) is 4. The van der Waals surface area contributed by atoms with Gasteiger partial charge < -0.3 is 15.5 Å². The summed E-state index contributed by atoms with van der Waals surface area (Å²) in [6, 6.07) is 25.5. The van der Waals surface area contributed by atoms with Crippen LogP contribution in [0.2, 0.25) is 0 Å². The molecule has 0 fully saturated rings. The number of aliphatic hydroxyl groups is 1. The minimum absolute atomic E-state index is 0.0260. The molecule has 0 spiro atoms. The van der Waals surface area contributed by atoms with Crippen molar-refractivity contribution in [1.82, 2.24) is 5.32 Å². The van der Waals surface area contributed by atoms with Gasteiger partial charge in [0.15, 0.2) is 0 Å². The van der Waals surface area contributed by atoms with E-state index >= 15 is 0 Å².